The van der Waals surface area contributed by atoms with Crippen molar-refractivity contribution in [3.8, 4) is 0 Å². The molecule has 0 aliphatic carbocycles. The summed E-state index contributed by atoms with van der Waals surface area (Å²) in [4.78, 5) is 44.0. The van der Waals surface area contributed by atoms with Gasteiger partial charge in [-0.1, -0.05) is 26.3 Å². The molecule has 1 spiro atoms. The molecule has 3 saturated heterocycles. The van der Waals surface area contributed by atoms with E-state index in [1.54, 1.807) is 22.8 Å². The largest absolute Gasteiger partial charge is 0.466 e. The van der Waals surface area contributed by atoms with E-state index in [2.05, 4.69) is 6.58 Å². The Kier molecular flexibility index (Phi) is 7.34. The molecule has 0 radical (unpaired) electrons. The molecule has 0 saturated carbocycles. The summed E-state index contributed by atoms with van der Waals surface area (Å²) >= 11 is 0. The van der Waals surface area contributed by atoms with Crippen LogP contribution in [0.5, 0.6) is 0 Å². The number of ether oxygens (including phenoxy) is 2. The van der Waals surface area contributed by atoms with Crippen molar-refractivity contribution in [1.29, 1.82) is 0 Å². The number of hydrogen-bond donors (Lipinski definition) is 1. The number of nitrogens with zero attached hydrogens (tertiary/aromatic N) is 2. The highest BCUT2D eigenvalue weighted by Crippen LogP contribution is 2.59. The second kappa shape index (κ2) is 9.51. The van der Waals surface area contributed by atoms with Crippen molar-refractivity contribution < 1.29 is 29.0 Å². The molecular formula is C24H38N2O6. The van der Waals surface area contributed by atoms with Gasteiger partial charge in [0.15, 0.2) is 0 Å². The zero-order valence-corrected chi connectivity index (χ0v) is 20.0. The van der Waals surface area contributed by atoms with Crippen LogP contribution in [0.25, 0.3) is 0 Å². The van der Waals surface area contributed by atoms with Gasteiger partial charge in [-0.25, -0.2) is 0 Å². The van der Waals surface area contributed by atoms with Crippen molar-refractivity contribution in [2.24, 2.45) is 17.8 Å². The third kappa shape index (κ3) is 3.65. The normalized spacial score (nSPS) is 32.7. The Labute approximate surface area is 190 Å². The minimum atomic E-state index is -1.08. The number of likely N-dealkylation sites (tertiary alicyclic amines) is 1. The Balaban J connectivity index is 2.12. The monoisotopic (exact) mass is 450 g/mol. The fraction of sp³-hybridized carbons (Fsp3) is 0.792. The first-order chi connectivity index (χ1) is 15.2. The van der Waals surface area contributed by atoms with Crippen molar-refractivity contribution in [2.45, 2.75) is 83.7 Å². The van der Waals surface area contributed by atoms with E-state index >= 15 is 0 Å². The molecule has 3 heterocycles. The molecule has 0 unspecified atom stereocenters. The van der Waals surface area contributed by atoms with Crippen molar-refractivity contribution in [3.63, 3.8) is 0 Å². The summed E-state index contributed by atoms with van der Waals surface area (Å²) in [7, 11) is 0. The number of carbonyl (C=O) groups is 3. The van der Waals surface area contributed by atoms with Gasteiger partial charge in [0.2, 0.25) is 11.8 Å². The molecule has 0 aromatic rings. The second-order valence-corrected chi connectivity index (χ2v) is 9.56. The summed E-state index contributed by atoms with van der Waals surface area (Å²) in [6.45, 7) is 13.6. The molecule has 2 bridgehead atoms. The fourth-order valence-corrected chi connectivity index (χ4v) is 5.90. The first-order valence-electron chi connectivity index (χ1n) is 11.9. The van der Waals surface area contributed by atoms with Crippen LogP contribution in [-0.4, -0.2) is 82.3 Å². The second-order valence-electron chi connectivity index (χ2n) is 9.56. The lowest BCUT2D eigenvalue weighted by Gasteiger charge is -2.41. The quantitative estimate of drug-likeness (QED) is 0.402. The molecule has 8 heteroatoms. The van der Waals surface area contributed by atoms with Crippen molar-refractivity contribution in [2.75, 3.05) is 19.8 Å². The predicted octanol–water partition coefficient (Wildman–Crippen LogP) is 1.75. The maximum Gasteiger partial charge on any atom is 0.312 e. The van der Waals surface area contributed by atoms with Crippen LogP contribution in [0, 0.1) is 17.8 Å². The number of esters is 1. The lowest BCUT2D eigenvalue weighted by atomic mass is 9.70. The van der Waals surface area contributed by atoms with Gasteiger partial charge in [-0.2, -0.15) is 0 Å². The number of aliphatic hydroxyl groups excluding tert-OH is 1. The van der Waals surface area contributed by atoms with E-state index in [-0.39, 0.29) is 37.0 Å². The molecule has 3 aliphatic rings. The average Bonchev–Trinajstić information content (AvgIpc) is 3.40. The van der Waals surface area contributed by atoms with Gasteiger partial charge in [0.1, 0.15) is 11.6 Å². The molecular weight excluding hydrogens is 412 g/mol. The fourth-order valence-electron chi connectivity index (χ4n) is 5.90. The average molecular weight is 451 g/mol. The van der Waals surface area contributed by atoms with Gasteiger partial charge in [0.25, 0.3) is 0 Å². The molecule has 32 heavy (non-hydrogen) atoms. The molecule has 3 aliphatic heterocycles. The molecule has 3 rings (SSSR count). The highest BCUT2D eigenvalue weighted by Gasteiger charge is 2.75. The van der Waals surface area contributed by atoms with E-state index in [1.807, 2.05) is 27.7 Å². The van der Waals surface area contributed by atoms with Crippen LogP contribution in [0.3, 0.4) is 0 Å². The number of amides is 2. The minimum absolute atomic E-state index is 0.0281. The summed E-state index contributed by atoms with van der Waals surface area (Å²) in [6.07, 6.45) is 3.10. The first kappa shape index (κ1) is 24.7. The molecule has 7 atom stereocenters. The van der Waals surface area contributed by atoms with Crippen LogP contribution in [0.4, 0.5) is 0 Å². The van der Waals surface area contributed by atoms with E-state index in [4.69, 9.17) is 9.47 Å². The van der Waals surface area contributed by atoms with Crippen LogP contribution in [0.15, 0.2) is 12.7 Å². The molecule has 2 amide bonds. The van der Waals surface area contributed by atoms with Gasteiger partial charge in [-0.15, -0.1) is 6.58 Å². The zero-order chi connectivity index (χ0) is 23.8. The Bertz CT molecular complexity index is 755. The summed E-state index contributed by atoms with van der Waals surface area (Å²) in [6, 6.07) is -1.54. The number of rotatable bonds is 10. The summed E-state index contributed by atoms with van der Waals surface area (Å²) < 4.78 is 11.7. The third-order valence-corrected chi connectivity index (χ3v) is 7.61. The Morgan fingerprint density at radius 3 is 2.59 bits per heavy atom. The summed E-state index contributed by atoms with van der Waals surface area (Å²) in [5, 5.41) is 10.3. The number of aliphatic hydroxyl groups is 1. The smallest absolute Gasteiger partial charge is 0.312 e. The Morgan fingerprint density at radius 2 is 2.06 bits per heavy atom. The minimum Gasteiger partial charge on any atom is -0.466 e. The van der Waals surface area contributed by atoms with Gasteiger partial charge < -0.3 is 24.4 Å². The molecule has 180 valence electrons. The topological polar surface area (TPSA) is 96.4 Å². The number of carbonyl (C=O) groups excluding carboxylic acids is 3. The van der Waals surface area contributed by atoms with Crippen molar-refractivity contribution in [1.82, 2.24) is 9.80 Å². The van der Waals surface area contributed by atoms with Crippen LogP contribution in [0.2, 0.25) is 0 Å². The lowest BCUT2D eigenvalue weighted by molar-refractivity contribution is -0.157. The first-order valence-corrected chi connectivity index (χ1v) is 11.9. The molecule has 0 aromatic carbocycles. The highest BCUT2D eigenvalue weighted by atomic mass is 16.6. The Hall–Kier alpha value is -1.93. The van der Waals surface area contributed by atoms with E-state index < -0.39 is 41.6 Å². The molecule has 0 aromatic heterocycles. The predicted molar refractivity (Wildman–Crippen MR) is 118 cm³/mol. The van der Waals surface area contributed by atoms with Gasteiger partial charge in [0.05, 0.1) is 37.2 Å². The van der Waals surface area contributed by atoms with Crippen LogP contribution in [-0.2, 0) is 23.9 Å². The van der Waals surface area contributed by atoms with E-state index in [0.717, 1.165) is 6.42 Å². The molecule has 8 nitrogen and oxygen atoms in total. The SMILES string of the molecule is C=CCN(C(=O)[C@H]1N([C@@H](CO)[C@@H](C)CC)C(=O)[C@@H]2[C@@H](C(=O)OCC)[C@H]3CC[C@]21O3)C(C)C. The van der Waals surface area contributed by atoms with Crippen molar-refractivity contribution in [3.05, 3.63) is 12.7 Å². The van der Waals surface area contributed by atoms with Crippen LogP contribution < -0.4 is 0 Å². The summed E-state index contributed by atoms with van der Waals surface area (Å²) in [5.74, 6) is -2.47. The number of hydrogen-bond acceptors (Lipinski definition) is 6. The van der Waals surface area contributed by atoms with Gasteiger partial charge in [0, 0.05) is 12.6 Å². The number of fused-ring (bicyclic) bond motifs is 1. The van der Waals surface area contributed by atoms with Gasteiger partial charge in [-0.3, -0.25) is 14.4 Å². The van der Waals surface area contributed by atoms with Gasteiger partial charge in [-0.05, 0) is 39.5 Å². The summed E-state index contributed by atoms with van der Waals surface area (Å²) in [5.41, 5.74) is -1.08. The van der Waals surface area contributed by atoms with Crippen LogP contribution in [0.1, 0.15) is 53.9 Å². The van der Waals surface area contributed by atoms with Crippen molar-refractivity contribution >= 4 is 17.8 Å². The Morgan fingerprint density at radius 1 is 1.38 bits per heavy atom. The van der Waals surface area contributed by atoms with E-state index in [9.17, 15) is 19.5 Å². The molecule has 3 fully saturated rings. The van der Waals surface area contributed by atoms with Crippen LogP contribution >= 0.6 is 0 Å². The maximum atomic E-state index is 14.0. The van der Waals surface area contributed by atoms with Gasteiger partial charge >= 0.3 is 5.97 Å². The highest BCUT2D eigenvalue weighted by molar-refractivity contribution is 5.98. The van der Waals surface area contributed by atoms with E-state index in [0.29, 0.717) is 19.4 Å². The molecule has 1 N–H and O–H groups in total. The third-order valence-electron chi connectivity index (χ3n) is 7.61. The zero-order valence-electron chi connectivity index (χ0n) is 20.0. The van der Waals surface area contributed by atoms with E-state index in [1.165, 1.54) is 0 Å². The maximum absolute atomic E-state index is 14.0. The standard InChI is InChI=1S/C24H38N2O6/c1-7-12-25(14(4)5)22(29)20-24-11-10-17(32-24)18(23(30)31-9-3)19(24)21(28)26(20)16(13-27)15(6)8-2/h7,14-20,27H,1,8-13H2,2-6H3/t15-,16-,17+,18-,19-,20+,24-/m0/s1. The lowest BCUT2D eigenvalue weighted by Crippen LogP contribution is -2.60.